The predicted molar refractivity (Wildman–Crippen MR) is 71.2 cm³/mol. The number of benzene rings is 1. The van der Waals surface area contributed by atoms with E-state index in [2.05, 4.69) is 83.3 Å². The maximum absolute atomic E-state index is 2.46. The molecular formula is C10H12I2. The van der Waals surface area contributed by atoms with E-state index in [1.54, 1.807) is 0 Å². The maximum Gasteiger partial charge on any atom is 0.0414 e. The topological polar surface area (TPSA) is 0 Å². The zero-order valence-electron chi connectivity index (χ0n) is 7.27. The van der Waals surface area contributed by atoms with Gasteiger partial charge in [0.2, 0.25) is 0 Å². The minimum Gasteiger partial charge on any atom is -0.0812 e. The van der Waals surface area contributed by atoms with E-state index in [-0.39, 0.29) is 3.42 Å². The second-order valence-corrected chi connectivity index (χ2v) is 6.76. The summed E-state index contributed by atoms with van der Waals surface area (Å²) >= 11 is 4.85. The third-order valence-electron chi connectivity index (χ3n) is 1.79. The van der Waals surface area contributed by atoms with Gasteiger partial charge in [0.15, 0.2) is 0 Å². The van der Waals surface area contributed by atoms with Crippen molar-refractivity contribution in [2.45, 2.75) is 21.7 Å². The largest absolute Gasteiger partial charge is 0.0812 e. The number of halogens is 2. The average molecular weight is 386 g/mol. The van der Waals surface area contributed by atoms with Crippen molar-refractivity contribution >= 4 is 45.2 Å². The minimum absolute atomic E-state index is 0.252. The fraction of sp³-hybridized carbons (Fsp3) is 0.400. The van der Waals surface area contributed by atoms with Gasteiger partial charge in [0, 0.05) is 7.85 Å². The van der Waals surface area contributed by atoms with Crippen molar-refractivity contribution in [2.75, 3.05) is 0 Å². The van der Waals surface area contributed by atoms with Crippen LogP contribution in [0.15, 0.2) is 24.3 Å². The minimum atomic E-state index is 0.252. The van der Waals surface area contributed by atoms with Crippen LogP contribution in [0.2, 0.25) is 0 Å². The predicted octanol–water partition coefficient (Wildman–Crippen LogP) is 4.29. The Morgan fingerprint density at radius 2 is 1.67 bits per heavy atom. The second-order valence-electron chi connectivity index (χ2n) is 3.30. The van der Waals surface area contributed by atoms with Gasteiger partial charge in [0.25, 0.3) is 0 Å². The van der Waals surface area contributed by atoms with Gasteiger partial charge in [0.05, 0.1) is 0 Å². The zero-order chi connectivity index (χ0) is 9.19. The summed E-state index contributed by atoms with van der Waals surface area (Å²) in [4.78, 5) is 0. The first-order valence-electron chi connectivity index (χ1n) is 3.88. The van der Waals surface area contributed by atoms with Gasteiger partial charge in [-0.2, -0.15) is 0 Å². The van der Waals surface area contributed by atoms with Crippen molar-refractivity contribution in [2.24, 2.45) is 0 Å². The van der Waals surface area contributed by atoms with E-state index in [9.17, 15) is 0 Å². The van der Waals surface area contributed by atoms with Crippen molar-refractivity contribution in [3.8, 4) is 0 Å². The van der Waals surface area contributed by atoms with Crippen LogP contribution in [0.4, 0.5) is 0 Å². The van der Waals surface area contributed by atoms with Crippen LogP contribution >= 0.6 is 45.2 Å². The first-order chi connectivity index (χ1) is 5.54. The Kier molecular flexibility index (Phi) is 3.82. The summed E-state index contributed by atoms with van der Waals surface area (Å²) < 4.78 is 1.35. The van der Waals surface area contributed by atoms with Crippen LogP contribution in [0.25, 0.3) is 0 Å². The molecule has 0 aromatic heterocycles. The monoisotopic (exact) mass is 386 g/mol. The van der Waals surface area contributed by atoms with Crippen LogP contribution in [0.1, 0.15) is 25.0 Å². The second kappa shape index (κ2) is 4.26. The molecule has 0 amide bonds. The van der Waals surface area contributed by atoms with Gasteiger partial charge in [-0.25, -0.2) is 0 Å². The third-order valence-corrected chi connectivity index (χ3v) is 3.30. The van der Waals surface area contributed by atoms with Crippen molar-refractivity contribution in [3.63, 3.8) is 0 Å². The van der Waals surface area contributed by atoms with E-state index in [1.807, 2.05) is 0 Å². The molecule has 1 aromatic rings. The lowest BCUT2D eigenvalue weighted by Crippen LogP contribution is -2.05. The van der Waals surface area contributed by atoms with Crippen molar-refractivity contribution in [1.29, 1.82) is 0 Å². The van der Waals surface area contributed by atoms with E-state index in [1.165, 1.54) is 11.1 Å². The highest BCUT2D eigenvalue weighted by Gasteiger charge is 2.14. The molecule has 0 aliphatic heterocycles. The highest BCUT2D eigenvalue weighted by molar-refractivity contribution is 14.1. The molecule has 0 N–H and O–H groups in total. The molecule has 0 radical (unpaired) electrons. The smallest absolute Gasteiger partial charge is 0.0414 e. The van der Waals surface area contributed by atoms with Crippen LogP contribution < -0.4 is 0 Å². The van der Waals surface area contributed by atoms with Gasteiger partial charge in [-0.05, 0) is 25.0 Å². The molecule has 0 aliphatic rings. The Morgan fingerprint density at radius 1 is 1.17 bits per heavy atom. The summed E-state index contributed by atoms with van der Waals surface area (Å²) in [6.45, 7) is 4.46. The summed E-state index contributed by atoms with van der Waals surface area (Å²) in [5.74, 6) is 0. The van der Waals surface area contributed by atoms with E-state index in [0.717, 1.165) is 4.43 Å². The molecule has 1 rings (SSSR count). The molecule has 66 valence electrons. The molecule has 0 aliphatic carbocycles. The molecule has 1 aromatic carbocycles. The Bertz CT molecular complexity index is 244. The van der Waals surface area contributed by atoms with E-state index in [4.69, 9.17) is 0 Å². The van der Waals surface area contributed by atoms with Crippen LogP contribution in [0.5, 0.6) is 0 Å². The molecule has 0 unspecified atom stereocenters. The standard InChI is InChI=1S/C10H12I2/c1-10(2,12)9-5-3-8(7-11)4-6-9/h3-6H,7H2,1-2H3. The van der Waals surface area contributed by atoms with E-state index in [0.29, 0.717) is 0 Å². The number of hydrogen-bond acceptors (Lipinski definition) is 0. The fourth-order valence-electron chi connectivity index (χ4n) is 0.990. The lowest BCUT2D eigenvalue weighted by molar-refractivity contribution is 0.826. The van der Waals surface area contributed by atoms with E-state index >= 15 is 0 Å². The van der Waals surface area contributed by atoms with Gasteiger partial charge < -0.3 is 0 Å². The Balaban J connectivity index is 2.93. The molecule has 0 nitrogen and oxygen atoms in total. The normalized spacial score (nSPS) is 11.7. The van der Waals surface area contributed by atoms with Crippen LogP contribution in [0, 0.1) is 0 Å². The Labute approximate surface area is 101 Å². The summed E-state index contributed by atoms with van der Waals surface area (Å²) in [6, 6.07) is 8.87. The first-order valence-corrected chi connectivity index (χ1v) is 6.49. The molecule has 0 spiro atoms. The molecule has 0 saturated carbocycles. The molecule has 0 heterocycles. The summed E-state index contributed by atoms with van der Waals surface area (Å²) in [5, 5.41) is 0. The summed E-state index contributed by atoms with van der Waals surface area (Å²) in [5.41, 5.74) is 2.80. The van der Waals surface area contributed by atoms with Crippen molar-refractivity contribution in [1.82, 2.24) is 0 Å². The molecule has 0 fully saturated rings. The van der Waals surface area contributed by atoms with Crippen molar-refractivity contribution in [3.05, 3.63) is 35.4 Å². The van der Waals surface area contributed by atoms with Gasteiger partial charge in [0.1, 0.15) is 0 Å². The Hall–Kier alpha value is 0.680. The number of alkyl halides is 2. The molecule has 2 heteroatoms. The van der Waals surface area contributed by atoms with Crippen LogP contribution in [-0.4, -0.2) is 0 Å². The molecule has 0 saturated heterocycles. The van der Waals surface area contributed by atoms with Gasteiger partial charge in [-0.15, -0.1) is 0 Å². The highest BCUT2D eigenvalue weighted by atomic mass is 127. The average Bonchev–Trinajstić information content (AvgIpc) is 2.03. The van der Waals surface area contributed by atoms with Gasteiger partial charge in [-0.1, -0.05) is 69.4 Å². The molecule has 0 bridgehead atoms. The fourth-order valence-corrected chi connectivity index (χ4v) is 1.86. The molecule has 0 atom stereocenters. The lowest BCUT2D eigenvalue weighted by atomic mass is 10.0. The van der Waals surface area contributed by atoms with Crippen molar-refractivity contribution < 1.29 is 0 Å². The van der Waals surface area contributed by atoms with Gasteiger partial charge >= 0.3 is 0 Å². The summed E-state index contributed by atoms with van der Waals surface area (Å²) in [6.07, 6.45) is 0. The van der Waals surface area contributed by atoms with Crippen LogP contribution in [-0.2, 0) is 7.85 Å². The molecular weight excluding hydrogens is 374 g/mol. The third kappa shape index (κ3) is 2.87. The van der Waals surface area contributed by atoms with E-state index < -0.39 is 0 Å². The number of rotatable bonds is 2. The first kappa shape index (κ1) is 10.8. The quantitative estimate of drug-likeness (QED) is 0.526. The summed E-state index contributed by atoms with van der Waals surface area (Å²) in [7, 11) is 0. The SMILES string of the molecule is CC(C)(I)c1ccc(CI)cc1. The zero-order valence-corrected chi connectivity index (χ0v) is 11.6. The maximum atomic E-state index is 2.46. The Morgan fingerprint density at radius 3 is 2.00 bits per heavy atom. The lowest BCUT2D eigenvalue weighted by Gasteiger charge is -2.16. The van der Waals surface area contributed by atoms with Crippen LogP contribution in [0.3, 0.4) is 0 Å². The van der Waals surface area contributed by atoms with Gasteiger partial charge in [-0.3, -0.25) is 0 Å². The number of hydrogen-bond donors (Lipinski definition) is 0. The highest BCUT2D eigenvalue weighted by Crippen LogP contribution is 2.30. The molecule has 12 heavy (non-hydrogen) atoms.